The van der Waals surface area contributed by atoms with Crippen LogP contribution in [-0.4, -0.2) is 23.2 Å². The van der Waals surface area contributed by atoms with Crippen LogP contribution in [0.4, 0.5) is 0 Å². The summed E-state index contributed by atoms with van der Waals surface area (Å²) < 4.78 is 0. The Kier molecular flexibility index (Phi) is 4.39. The van der Waals surface area contributed by atoms with Crippen molar-refractivity contribution in [3.05, 3.63) is 35.4 Å². The zero-order chi connectivity index (χ0) is 12.1. The van der Waals surface area contributed by atoms with E-state index in [0.29, 0.717) is 11.1 Å². The summed E-state index contributed by atoms with van der Waals surface area (Å²) in [6.45, 7) is -0.112. The van der Waals surface area contributed by atoms with Crippen molar-refractivity contribution in [2.45, 2.75) is 6.42 Å². The standard InChI is InChI=1S/C11H12N2O2S/c12-6-10(14)8-4-2-1-3-7(8)9(13)5-11(15)16/h1-4,13H,5-6,12H2,(H,15,16). The maximum atomic E-state index is 11.5. The van der Waals surface area contributed by atoms with Gasteiger partial charge in [0.15, 0.2) is 10.9 Å². The Morgan fingerprint density at radius 2 is 1.81 bits per heavy atom. The summed E-state index contributed by atoms with van der Waals surface area (Å²) in [5.41, 5.74) is 6.18. The molecule has 0 spiro atoms. The molecule has 0 heterocycles. The SMILES string of the molecule is N=C(CC(=O)S)c1ccccc1C(=O)CN. The molecule has 3 N–H and O–H groups in total. The van der Waals surface area contributed by atoms with Crippen LogP contribution in [0.25, 0.3) is 0 Å². The zero-order valence-corrected chi connectivity index (χ0v) is 9.46. The normalized spacial score (nSPS) is 9.88. The first-order valence-electron chi connectivity index (χ1n) is 4.68. The highest BCUT2D eigenvalue weighted by atomic mass is 32.1. The van der Waals surface area contributed by atoms with Crippen molar-refractivity contribution in [2.75, 3.05) is 6.54 Å². The van der Waals surface area contributed by atoms with Gasteiger partial charge in [-0.2, -0.15) is 0 Å². The Balaban J connectivity index is 3.08. The highest BCUT2D eigenvalue weighted by molar-refractivity contribution is 7.96. The van der Waals surface area contributed by atoms with E-state index in [9.17, 15) is 9.59 Å². The fraction of sp³-hybridized carbons (Fsp3) is 0.182. The summed E-state index contributed by atoms with van der Waals surface area (Å²) >= 11 is 3.61. The van der Waals surface area contributed by atoms with E-state index in [2.05, 4.69) is 12.6 Å². The van der Waals surface area contributed by atoms with Gasteiger partial charge >= 0.3 is 0 Å². The molecular formula is C11H12N2O2S. The van der Waals surface area contributed by atoms with Crippen molar-refractivity contribution < 1.29 is 9.59 Å². The highest BCUT2D eigenvalue weighted by Crippen LogP contribution is 2.12. The number of rotatable bonds is 5. The number of nitrogens with one attached hydrogen (secondary N) is 1. The maximum absolute atomic E-state index is 11.5. The van der Waals surface area contributed by atoms with Gasteiger partial charge in [0.1, 0.15) is 0 Å². The van der Waals surface area contributed by atoms with Gasteiger partial charge < -0.3 is 11.1 Å². The number of ketones is 1. The predicted molar refractivity (Wildman–Crippen MR) is 65.3 cm³/mol. The molecule has 1 aromatic carbocycles. The van der Waals surface area contributed by atoms with Crippen LogP contribution in [-0.2, 0) is 4.79 Å². The van der Waals surface area contributed by atoms with Crippen molar-refractivity contribution >= 4 is 29.2 Å². The van der Waals surface area contributed by atoms with Gasteiger partial charge in [0.25, 0.3) is 0 Å². The lowest BCUT2D eigenvalue weighted by molar-refractivity contribution is -0.109. The van der Waals surface area contributed by atoms with E-state index in [1.54, 1.807) is 24.3 Å². The number of nitrogens with two attached hydrogens (primary N) is 1. The molecule has 0 radical (unpaired) electrons. The Morgan fingerprint density at radius 3 is 2.31 bits per heavy atom. The average Bonchev–Trinajstić information content (AvgIpc) is 2.27. The van der Waals surface area contributed by atoms with Crippen molar-refractivity contribution in [3.63, 3.8) is 0 Å². The molecule has 0 atom stereocenters. The first-order valence-corrected chi connectivity index (χ1v) is 5.13. The smallest absolute Gasteiger partial charge is 0.191 e. The van der Waals surface area contributed by atoms with E-state index in [0.717, 1.165) is 0 Å². The second-order valence-corrected chi connectivity index (χ2v) is 3.72. The molecule has 5 heteroatoms. The molecule has 0 bridgehead atoms. The Bertz CT molecular complexity index is 443. The van der Waals surface area contributed by atoms with Crippen molar-refractivity contribution in [1.29, 1.82) is 5.41 Å². The monoisotopic (exact) mass is 236 g/mol. The molecule has 0 fully saturated rings. The number of carbonyl (C=O) groups is 2. The van der Waals surface area contributed by atoms with E-state index in [1.807, 2.05) is 0 Å². The number of hydrogen-bond donors (Lipinski definition) is 3. The topological polar surface area (TPSA) is 84.0 Å². The molecule has 0 unspecified atom stereocenters. The minimum Gasteiger partial charge on any atom is -0.324 e. The summed E-state index contributed by atoms with van der Waals surface area (Å²) in [5, 5.41) is 7.30. The summed E-state index contributed by atoms with van der Waals surface area (Å²) in [5.74, 6) is -0.244. The third kappa shape index (κ3) is 3.01. The van der Waals surface area contributed by atoms with E-state index in [1.165, 1.54) is 0 Å². The minimum atomic E-state index is -0.403. The van der Waals surface area contributed by atoms with Crippen molar-refractivity contribution in [3.8, 4) is 0 Å². The quantitative estimate of drug-likeness (QED) is 0.406. The lowest BCUT2D eigenvalue weighted by atomic mass is 9.98. The van der Waals surface area contributed by atoms with Crippen LogP contribution in [0.15, 0.2) is 24.3 Å². The molecule has 0 aliphatic heterocycles. The van der Waals surface area contributed by atoms with Crippen LogP contribution in [0.2, 0.25) is 0 Å². The number of thiol groups is 1. The third-order valence-corrected chi connectivity index (χ3v) is 2.22. The largest absolute Gasteiger partial charge is 0.324 e. The molecule has 0 aliphatic carbocycles. The molecule has 0 aromatic heterocycles. The molecule has 1 rings (SSSR count). The first-order chi connectivity index (χ1) is 7.56. The zero-order valence-electron chi connectivity index (χ0n) is 8.56. The number of carbonyl (C=O) groups excluding carboxylic acids is 2. The van der Waals surface area contributed by atoms with Gasteiger partial charge in [-0.25, -0.2) is 0 Å². The number of benzene rings is 1. The van der Waals surface area contributed by atoms with Crippen molar-refractivity contribution in [2.24, 2.45) is 5.73 Å². The van der Waals surface area contributed by atoms with Gasteiger partial charge in [0.2, 0.25) is 0 Å². The van der Waals surface area contributed by atoms with E-state index in [-0.39, 0.29) is 24.5 Å². The average molecular weight is 236 g/mol. The van der Waals surface area contributed by atoms with Crippen LogP contribution in [0.1, 0.15) is 22.3 Å². The molecule has 4 nitrogen and oxygen atoms in total. The summed E-state index contributed by atoms with van der Waals surface area (Å²) in [6.07, 6.45) is -0.0992. The fourth-order valence-corrected chi connectivity index (χ4v) is 1.50. The Morgan fingerprint density at radius 1 is 1.25 bits per heavy atom. The van der Waals surface area contributed by atoms with Crippen molar-refractivity contribution in [1.82, 2.24) is 0 Å². The van der Waals surface area contributed by atoms with Crippen LogP contribution in [0.5, 0.6) is 0 Å². The van der Waals surface area contributed by atoms with Gasteiger partial charge in [-0.3, -0.25) is 9.59 Å². The van der Waals surface area contributed by atoms with Gasteiger partial charge in [-0.1, -0.05) is 24.3 Å². The molecule has 0 amide bonds. The highest BCUT2D eigenvalue weighted by Gasteiger charge is 2.13. The molecule has 0 aliphatic rings. The Labute approximate surface area is 98.8 Å². The minimum absolute atomic E-state index is 0.0809. The molecule has 16 heavy (non-hydrogen) atoms. The lowest BCUT2D eigenvalue weighted by Gasteiger charge is -2.07. The van der Waals surface area contributed by atoms with Gasteiger partial charge in [-0.15, -0.1) is 12.6 Å². The fourth-order valence-electron chi connectivity index (χ4n) is 1.35. The van der Waals surface area contributed by atoms with Gasteiger partial charge in [0.05, 0.1) is 13.0 Å². The van der Waals surface area contributed by atoms with Crippen LogP contribution in [0, 0.1) is 5.41 Å². The molecule has 84 valence electrons. The number of hydrogen-bond acceptors (Lipinski definition) is 4. The van der Waals surface area contributed by atoms with Gasteiger partial charge in [0, 0.05) is 16.8 Å². The summed E-state index contributed by atoms with van der Waals surface area (Å²) in [4.78, 5) is 22.3. The number of Topliss-reactive ketones (excluding diaryl/α,β-unsaturated/α-hetero) is 1. The molecule has 1 aromatic rings. The molecular weight excluding hydrogens is 224 g/mol. The third-order valence-electron chi connectivity index (χ3n) is 2.07. The van der Waals surface area contributed by atoms with Gasteiger partial charge in [-0.05, 0) is 0 Å². The Hall–Kier alpha value is -1.46. The maximum Gasteiger partial charge on any atom is 0.191 e. The summed E-state index contributed by atoms with van der Waals surface area (Å²) in [6, 6.07) is 6.63. The summed E-state index contributed by atoms with van der Waals surface area (Å²) in [7, 11) is 0. The van der Waals surface area contributed by atoms with E-state index < -0.39 is 5.12 Å². The van der Waals surface area contributed by atoms with Crippen LogP contribution >= 0.6 is 12.6 Å². The first kappa shape index (κ1) is 12.6. The molecule has 0 saturated heterocycles. The van der Waals surface area contributed by atoms with Crippen LogP contribution < -0.4 is 5.73 Å². The molecule has 0 saturated carbocycles. The lowest BCUT2D eigenvalue weighted by Crippen LogP contribution is -2.17. The van der Waals surface area contributed by atoms with E-state index in [4.69, 9.17) is 11.1 Å². The predicted octanol–water partition coefficient (Wildman–Crippen LogP) is 1.04. The second-order valence-electron chi connectivity index (χ2n) is 3.22. The van der Waals surface area contributed by atoms with E-state index >= 15 is 0 Å². The van der Waals surface area contributed by atoms with Crippen LogP contribution in [0.3, 0.4) is 0 Å². The second kappa shape index (κ2) is 5.58.